The molecule has 1 saturated carbocycles. The van der Waals surface area contributed by atoms with Crippen LogP contribution in [0, 0.1) is 5.92 Å². The van der Waals surface area contributed by atoms with Crippen LogP contribution in [-0.4, -0.2) is 41.1 Å². The van der Waals surface area contributed by atoms with Gasteiger partial charge in [0.05, 0.1) is 10.5 Å². The lowest BCUT2D eigenvalue weighted by Gasteiger charge is -2.21. The molecule has 1 heterocycles. The zero-order valence-electron chi connectivity index (χ0n) is 14.0. The van der Waals surface area contributed by atoms with Crippen LogP contribution < -0.4 is 10.1 Å². The number of benzene rings is 1. The number of ether oxygens (including phenoxy) is 1. The van der Waals surface area contributed by atoms with E-state index in [4.69, 9.17) is 9.84 Å². The van der Waals surface area contributed by atoms with Crippen LogP contribution in [0.15, 0.2) is 24.3 Å². The first-order valence-corrected chi connectivity index (χ1v) is 10.7. The van der Waals surface area contributed by atoms with Gasteiger partial charge in [-0.2, -0.15) is 0 Å². The van der Waals surface area contributed by atoms with Crippen LogP contribution >= 0.6 is 23.5 Å². The molecule has 1 amide bonds. The molecule has 0 bridgehead atoms. The highest BCUT2D eigenvalue weighted by molar-refractivity contribution is 8.16. The van der Waals surface area contributed by atoms with Crippen LogP contribution in [0.5, 0.6) is 5.75 Å². The van der Waals surface area contributed by atoms with Crippen molar-refractivity contribution in [3.63, 3.8) is 0 Å². The van der Waals surface area contributed by atoms with Crippen molar-refractivity contribution in [2.75, 3.05) is 18.1 Å². The van der Waals surface area contributed by atoms with Gasteiger partial charge in [-0.25, -0.2) is 0 Å². The van der Waals surface area contributed by atoms with Crippen LogP contribution in [-0.2, 0) is 9.59 Å². The van der Waals surface area contributed by atoms with Crippen LogP contribution in [0.25, 0.3) is 0 Å². The Bertz CT molecular complexity index is 602. The molecule has 1 aliphatic heterocycles. The molecule has 1 aliphatic carbocycles. The second kappa shape index (κ2) is 8.85. The minimum Gasteiger partial charge on any atom is -0.484 e. The van der Waals surface area contributed by atoms with Gasteiger partial charge in [-0.1, -0.05) is 12.1 Å². The summed E-state index contributed by atoms with van der Waals surface area (Å²) >= 11 is 3.95. The number of hydrogen-bond donors (Lipinski definition) is 2. The van der Waals surface area contributed by atoms with E-state index in [1.807, 2.05) is 35.7 Å². The summed E-state index contributed by atoms with van der Waals surface area (Å²) in [6.45, 7) is -0.0412. The first kappa shape index (κ1) is 18.5. The smallest absolute Gasteiger partial charge is 0.306 e. The number of carbonyl (C=O) groups is 2. The molecule has 0 radical (unpaired) electrons. The van der Waals surface area contributed by atoms with Crippen molar-refractivity contribution in [3.05, 3.63) is 29.8 Å². The Kier molecular flexibility index (Phi) is 6.53. The van der Waals surface area contributed by atoms with Crippen molar-refractivity contribution in [1.29, 1.82) is 0 Å². The summed E-state index contributed by atoms with van der Waals surface area (Å²) in [5.74, 6) is 1.79. The van der Waals surface area contributed by atoms with E-state index in [9.17, 15) is 9.59 Å². The number of hydrogen-bond acceptors (Lipinski definition) is 5. The van der Waals surface area contributed by atoms with Gasteiger partial charge >= 0.3 is 5.97 Å². The van der Waals surface area contributed by atoms with Crippen LogP contribution in [0.1, 0.15) is 35.8 Å². The Labute approximate surface area is 156 Å². The molecule has 2 atom stereocenters. The number of thioether (sulfide) groups is 2. The Balaban J connectivity index is 1.42. The van der Waals surface area contributed by atoms with Crippen LogP contribution in [0.3, 0.4) is 0 Å². The highest BCUT2D eigenvalue weighted by Crippen LogP contribution is 2.43. The molecule has 0 unspecified atom stereocenters. The molecular formula is C18H23NO4S2. The minimum atomic E-state index is -0.776. The fourth-order valence-corrected chi connectivity index (χ4v) is 6.05. The molecule has 2 fully saturated rings. The summed E-state index contributed by atoms with van der Waals surface area (Å²) in [7, 11) is 0. The average Bonchev–Trinajstić information content (AvgIpc) is 3.10. The summed E-state index contributed by atoms with van der Waals surface area (Å²) in [5.41, 5.74) is 1.29. The number of carbonyl (C=O) groups excluding carboxylic acids is 1. The maximum absolute atomic E-state index is 12.0. The van der Waals surface area contributed by atoms with Crippen LogP contribution in [0.4, 0.5) is 0 Å². The molecule has 25 heavy (non-hydrogen) atoms. The lowest BCUT2D eigenvalue weighted by molar-refractivity contribution is -0.141. The SMILES string of the molecule is O=C(COc1ccc(C2SCCCS2)cc1)N[C@H]1CC[C@@H](C(=O)O)C1. The van der Waals surface area contributed by atoms with Crippen molar-refractivity contribution in [3.8, 4) is 5.75 Å². The van der Waals surface area contributed by atoms with Crippen molar-refractivity contribution in [2.24, 2.45) is 5.92 Å². The fraction of sp³-hybridized carbons (Fsp3) is 0.556. The molecule has 0 aromatic heterocycles. The van der Waals surface area contributed by atoms with E-state index in [1.54, 1.807) is 0 Å². The standard InChI is InChI=1S/C18H23NO4S2/c20-16(19-14-5-2-13(10-14)17(21)22)11-23-15-6-3-12(4-7-15)18-24-8-1-9-25-18/h3-4,6-7,13-14,18H,1-2,5,8-11H2,(H,19,20)(H,21,22)/t13-,14+/m1/s1. The minimum absolute atomic E-state index is 0.0412. The van der Waals surface area contributed by atoms with Gasteiger partial charge in [0.2, 0.25) is 0 Å². The van der Waals surface area contributed by atoms with Gasteiger partial charge in [0.15, 0.2) is 6.61 Å². The second-order valence-corrected chi connectivity index (χ2v) is 9.12. The van der Waals surface area contributed by atoms with E-state index in [1.165, 1.54) is 23.5 Å². The van der Waals surface area contributed by atoms with Crippen molar-refractivity contribution in [2.45, 2.75) is 36.3 Å². The summed E-state index contributed by atoms with van der Waals surface area (Å²) in [6, 6.07) is 7.90. The van der Waals surface area contributed by atoms with Gasteiger partial charge in [-0.3, -0.25) is 9.59 Å². The topological polar surface area (TPSA) is 75.6 Å². The van der Waals surface area contributed by atoms with E-state index < -0.39 is 5.97 Å². The maximum Gasteiger partial charge on any atom is 0.306 e. The lowest BCUT2D eigenvalue weighted by atomic mass is 10.1. The van der Waals surface area contributed by atoms with Crippen LogP contribution in [0.2, 0.25) is 0 Å². The van der Waals surface area contributed by atoms with E-state index in [2.05, 4.69) is 17.4 Å². The van der Waals surface area contributed by atoms with Gasteiger partial charge in [-0.05, 0) is 54.9 Å². The summed E-state index contributed by atoms with van der Waals surface area (Å²) in [6.07, 6.45) is 3.12. The average molecular weight is 382 g/mol. The first-order valence-electron chi connectivity index (χ1n) is 8.60. The molecule has 1 aromatic carbocycles. The van der Waals surface area contributed by atoms with Gasteiger partial charge in [0.1, 0.15) is 5.75 Å². The molecule has 0 spiro atoms. The van der Waals surface area contributed by atoms with Gasteiger partial charge in [0, 0.05) is 6.04 Å². The number of nitrogens with one attached hydrogen (secondary N) is 1. The van der Waals surface area contributed by atoms with Crippen molar-refractivity contribution < 1.29 is 19.4 Å². The monoisotopic (exact) mass is 381 g/mol. The third-order valence-electron chi connectivity index (χ3n) is 4.50. The van der Waals surface area contributed by atoms with E-state index in [0.717, 1.165) is 0 Å². The summed E-state index contributed by atoms with van der Waals surface area (Å²) < 4.78 is 6.05. The molecule has 2 N–H and O–H groups in total. The summed E-state index contributed by atoms with van der Waals surface area (Å²) in [5, 5.41) is 11.9. The first-order chi connectivity index (χ1) is 12.1. The highest BCUT2D eigenvalue weighted by Gasteiger charge is 2.30. The summed E-state index contributed by atoms with van der Waals surface area (Å²) in [4.78, 5) is 22.9. The van der Waals surface area contributed by atoms with E-state index in [-0.39, 0.29) is 24.5 Å². The Morgan fingerprint density at radius 1 is 1.16 bits per heavy atom. The predicted molar refractivity (Wildman–Crippen MR) is 101 cm³/mol. The van der Waals surface area contributed by atoms with Gasteiger partial charge < -0.3 is 15.2 Å². The third-order valence-corrected chi connectivity index (χ3v) is 7.51. The maximum atomic E-state index is 12.0. The number of carboxylic acid groups (broad SMARTS) is 1. The molecule has 136 valence electrons. The second-order valence-electron chi connectivity index (χ2n) is 6.40. The molecule has 1 aromatic rings. The van der Waals surface area contributed by atoms with Gasteiger partial charge in [-0.15, -0.1) is 23.5 Å². The normalized spacial score (nSPS) is 24.0. The molecule has 3 rings (SSSR count). The zero-order chi connectivity index (χ0) is 17.6. The number of amides is 1. The van der Waals surface area contributed by atoms with Crippen molar-refractivity contribution in [1.82, 2.24) is 5.32 Å². The third kappa shape index (κ3) is 5.31. The number of rotatable bonds is 6. The van der Waals surface area contributed by atoms with Gasteiger partial charge in [0.25, 0.3) is 5.91 Å². The Morgan fingerprint density at radius 2 is 1.88 bits per heavy atom. The Hall–Kier alpha value is -1.34. The largest absolute Gasteiger partial charge is 0.484 e. The molecular weight excluding hydrogens is 358 g/mol. The number of aliphatic carboxylic acids is 1. The van der Waals surface area contributed by atoms with Crippen molar-refractivity contribution >= 4 is 35.4 Å². The molecule has 5 nitrogen and oxygen atoms in total. The molecule has 7 heteroatoms. The predicted octanol–water partition coefficient (Wildman–Crippen LogP) is 3.30. The zero-order valence-corrected chi connectivity index (χ0v) is 15.6. The van der Waals surface area contributed by atoms with E-state index >= 15 is 0 Å². The quantitative estimate of drug-likeness (QED) is 0.787. The molecule has 1 saturated heterocycles. The lowest BCUT2D eigenvalue weighted by Crippen LogP contribution is -2.36. The molecule has 2 aliphatic rings. The Morgan fingerprint density at radius 3 is 2.52 bits per heavy atom. The fourth-order valence-electron chi connectivity index (χ4n) is 3.16. The van der Waals surface area contributed by atoms with E-state index in [0.29, 0.717) is 29.6 Å². The number of carboxylic acids is 1. The highest BCUT2D eigenvalue weighted by atomic mass is 32.2.